The maximum Gasteiger partial charge on any atom is 0.224 e. The van der Waals surface area contributed by atoms with Gasteiger partial charge in [-0.15, -0.1) is 0 Å². The van der Waals surface area contributed by atoms with Gasteiger partial charge in [0, 0.05) is 23.6 Å². The number of carbonyl (C=O) groups excluding carboxylic acids is 1. The molecule has 2 heteroatoms. The predicted molar refractivity (Wildman–Crippen MR) is 54.3 cm³/mol. The van der Waals surface area contributed by atoms with E-state index in [1.807, 2.05) is 6.08 Å². The van der Waals surface area contributed by atoms with Gasteiger partial charge in [0.1, 0.15) is 0 Å². The molecule has 0 saturated carbocycles. The van der Waals surface area contributed by atoms with E-state index in [1.165, 1.54) is 11.1 Å². The Morgan fingerprint density at radius 3 is 3.21 bits per heavy atom. The largest absolute Gasteiger partial charge is 0.329 e. The molecular formula is C12H11NO. The summed E-state index contributed by atoms with van der Waals surface area (Å²) in [6.07, 6.45) is 12.1. The third kappa shape index (κ3) is 1.00. The Bertz CT molecular complexity index is 424. The molecule has 1 heterocycles. The van der Waals surface area contributed by atoms with Crippen LogP contribution in [0.4, 0.5) is 0 Å². The van der Waals surface area contributed by atoms with Gasteiger partial charge in [-0.25, -0.2) is 0 Å². The zero-order valence-electron chi connectivity index (χ0n) is 7.79. The number of allylic oxidation sites excluding steroid dienone is 7. The third-order valence-electron chi connectivity index (χ3n) is 2.98. The van der Waals surface area contributed by atoms with Crippen molar-refractivity contribution in [1.29, 1.82) is 0 Å². The first-order valence-electron chi connectivity index (χ1n) is 4.95. The molecule has 0 aromatic carbocycles. The van der Waals surface area contributed by atoms with Gasteiger partial charge in [0.05, 0.1) is 0 Å². The molecular weight excluding hydrogens is 174 g/mol. The normalized spacial score (nSPS) is 28.4. The molecule has 1 saturated heterocycles. The number of piperidine rings is 1. The van der Waals surface area contributed by atoms with Crippen molar-refractivity contribution in [2.75, 3.05) is 0 Å². The lowest BCUT2D eigenvalue weighted by Gasteiger charge is -2.28. The number of carbonyl (C=O) groups is 1. The first-order valence-corrected chi connectivity index (χ1v) is 4.95. The van der Waals surface area contributed by atoms with E-state index in [0.29, 0.717) is 12.3 Å². The minimum atomic E-state index is 0.152. The Labute approximate surface area is 82.7 Å². The average Bonchev–Trinajstić information content (AvgIpc) is 2.65. The molecule has 1 N–H and O–H groups in total. The van der Waals surface area contributed by atoms with E-state index in [9.17, 15) is 4.79 Å². The second-order valence-electron chi connectivity index (χ2n) is 3.86. The lowest BCUT2D eigenvalue weighted by atomic mass is 9.85. The van der Waals surface area contributed by atoms with Crippen molar-refractivity contribution in [1.82, 2.24) is 5.32 Å². The van der Waals surface area contributed by atoms with Crippen LogP contribution in [0.1, 0.15) is 12.8 Å². The van der Waals surface area contributed by atoms with E-state index in [2.05, 4.69) is 29.6 Å². The maximum absolute atomic E-state index is 11.3. The van der Waals surface area contributed by atoms with Crippen LogP contribution in [0, 0.1) is 5.92 Å². The molecule has 0 spiro atoms. The first-order chi connectivity index (χ1) is 6.84. The molecule has 2 aliphatic carbocycles. The molecule has 1 atom stereocenters. The van der Waals surface area contributed by atoms with Crippen molar-refractivity contribution in [2.24, 2.45) is 5.92 Å². The van der Waals surface area contributed by atoms with Gasteiger partial charge >= 0.3 is 0 Å². The standard InChI is InChI=1S/C12H11NO/c14-11-7-6-9-5-4-8-2-1-3-10(8)12(9)13-11/h1-5,9H,6-7H2,(H,13,14). The molecule has 1 unspecified atom stereocenters. The van der Waals surface area contributed by atoms with Gasteiger partial charge in [-0.1, -0.05) is 30.4 Å². The predicted octanol–water partition coefficient (Wildman–Crippen LogP) is 1.83. The average molecular weight is 185 g/mol. The summed E-state index contributed by atoms with van der Waals surface area (Å²) in [6.45, 7) is 0. The van der Waals surface area contributed by atoms with Crippen LogP contribution in [0.5, 0.6) is 0 Å². The molecule has 14 heavy (non-hydrogen) atoms. The maximum atomic E-state index is 11.3. The molecule has 1 fully saturated rings. The smallest absolute Gasteiger partial charge is 0.224 e. The van der Waals surface area contributed by atoms with Crippen molar-refractivity contribution >= 4 is 5.91 Å². The van der Waals surface area contributed by atoms with E-state index in [1.54, 1.807) is 0 Å². The number of rotatable bonds is 0. The fourth-order valence-electron chi connectivity index (χ4n) is 2.24. The Balaban J connectivity index is 2.08. The van der Waals surface area contributed by atoms with Gasteiger partial charge in [-0.3, -0.25) is 4.79 Å². The SMILES string of the molecule is O=C1CCC2C=CC3=CC=CC3=C2N1. The molecule has 1 aliphatic heterocycles. The quantitative estimate of drug-likeness (QED) is 0.613. The van der Waals surface area contributed by atoms with Crippen LogP contribution < -0.4 is 5.32 Å². The summed E-state index contributed by atoms with van der Waals surface area (Å²) in [5.74, 6) is 0.571. The van der Waals surface area contributed by atoms with E-state index in [4.69, 9.17) is 0 Å². The van der Waals surface area contributed by atoms with Crippen LogP contribution in [-0.2, 0) is 4.79 Å². The molecule has 0 radical (unpaired) electrons. The summed E-state index contributed by atoms with van der Waals surface area (Å²) < 4.78 is 0. The molecule has 2 nitrogen and oxygen atoms in total. The van der Waals surface area contributed by atoms with Crippen LogP contribution in [0.25, 0.3) is 0 Å². The summed E-state index contributed by atoms with van der Waals surface area (Å²) in [7, 11) is 0. The molecule has 0 aromatic rings. The zero-order chi connectivity index (χ0) is 9.54. The van der Waals surface area contributed by atoms with Crippen molar-refractivity contribution < 1.29 is 4.79 Å². The number of fused-ring (bicyclic) bond motifs is 2. The van der Waals surface area contributed by atoms with E-state index in [-0.39, 0.29) is 5.91 Å². The van der Waals surface area contributed by atoms with Crippen molar-refractivity contribution in [3.05, 3.63) is 47.2 Å². The molecule has 3 aliphatic rings. The summed E-state index contributed by atoms with van der Waals surface area (Å²) in [5, 5.41) is 2.99. The zero-order valence-corrected chi connectivity index (χ0v) is 7.79. The third-order valence-corrected chi connectivity index (χ3v) is 2.98. The summed E-state index contributed by atoms with van der Waals surface area (Å²) in [6, 6.07) is 0. The highest BCUT2D eigenvalue weighted by atomic mass is 16.1. The van der Waals surface area contributed by atoms with Gasteiger partial charge in [0.15, 0.2) is 0 Å². The number of hydrogen-bond acceptors (Lipinski definition) is 1. The van der Waals surface area contributed by atoms with Crippen LogP contribution in [-0.4, -0.2) is 5.91 Å². The summed E-state index contributed by atoms with van der Waals surface area (Å²) in [5.41, 5.74) is 3.52. The molecule has 1 amide bonds. The first kappa shape index (κ1) is 7.80. The number of amides is 1. The minimum absolute atomic E-state index is 0.152. The van der Waals surface area contributed by atoms with E-state index in [0.717, 1.165) is 12.1 Å². The molecule has 3 rings (SSSR count). The fraction of sp³-hybridized carbons (Fsp3) is 0.250. The Morgan fingerprint density at radius 2 is 2.29 bits per heavy atom. The van der Waals surface area contributed by atoms with Crippen molar-refractivity contribution in [3.8, 4) is 0 Å². The monoisotopic (exact) mass is 185 g/mol. The lowest BCUT2D eigenvalue weighted by Crippen LogP contribution is -2.34. The summed E-state index contributed by atoms with van der Waals surface area (Å²) in [4.78, 5) is 11.3. The van der Waals surface area contributed by atoms with Gasteiger partial charge in [-0.2, -0.15) is 0 Å². The molecule has 0 aromatic heterocycles. The van der Waals surface area contributed by atoms with Crippen LogP contribution >= 0.6 is 0 Å². The van der Waals surface area contributed by atoms with Crippen LogP contribution in [0.3, 0.4) is 0 Å². The van der Waals surface area contributed by atoms with E-state index < -0.39 is 0 Å². The van der Waals surface area contributed by atoms with Crippen LogP contribution in [0.2, 0.25) is 0 Å². The molecule has 0 bridgehead atoms. The minimum Gasteiger partial charge on any atom is -0.329 e. The van der Waals surface area contributed by atoms with Crippen molar-refractivity contribution in [2.45, 2.75) is 12.8 Å². The molecule has 70 valence electrons. The number of hydrogen-bond donors (Lipinski definition) is 1. The second-order valence-corrected chi connectivity index (χ2v) is 3.86. The van der Waals surface area contributed by atoms with Gasteiger partial charge in [-0.05, 0) is 12.0 Å². The topological polar surface area (TPSA) is 29.1 Å². The van der Waals surface area contributed by atoms with Crippen LogP contribution in [0.15, 0.2) is 47.2 Å². The highest BCUT2D eigenvalue weighted by molar-refractivity contribution is 5.80. The van der Waals surface area contributed by atoms with Crippen molar-refractivity contribution in [3.63, 3.8) is 0 Å². The lowest BCUT2D eigenvalue weighted by molar-refractivity contribution is -0.121. The van der Waals surface area contributed by atoms with E-state index >= 15 is 0 Å². The Morgan fingerprint density at radius 1 is 1.36 bits per heavy atom. The summed E-state index contributed by atoms with van der Waals surface area (Å²) >= 11 is 0. The second kappa shape index (κ2) is 2.71. The fourth-order valence-corrected chi connectivity index (χ4v) is 2.24. The Kier molecular flexibility index (Phi) is 1.51. The van der Waals surface area contributed by atoms with Gasteiger partial charge < -0.3 is 5.32 Å². The highest BCUT2D eigenvalue weighted by Gasteiger charge is 2.27. The number of nitrogens with one attached hydrogen (secondary N) is 1. The van der Waals surface area contributed by atoms with Gasteiger partial charge in [0.2, 0.25) is 5.91 Å². The Hall–Kier alpha value is -1.57. The highest BCUT2D eigenvalue weighted by Crippen LogP contribution is 2.35. The van der Waals surface area contributed by atoms with Gasteiger partial charge in [0.25, 0.3) is 0 Å².